The summed E-state index contributed by atoms with van der Waals surface area (Å²) in [6.07, 6.45) is 30.8. The van der Waals surface area contributed by atoms with Crippen molar-refractivity contribution in [1.82, 2.24) is 0 Å². The highest BCUT2D eigenvalue weighted by atomic mass is 31.2. The summed E-state index contributed by atoms with van der Waals surface area (Å²) in [5, 5.41) is 0. The van der Waals surface area contributed by atoms with Gasteiger partial charge in [0.2, 0.25) is 0 Å². The number of ether oxygens (including phenoxy) is 2. The summed E-state index contributed by atoms with van der Waals surface area (Å²) in [4.78, 5) is 37.1. The summed E-state index contributed by atoms with van der Waals surface area (Å²) in [5.74, 6) is -0.851. The average Bonchev–Trinajstić information content (AvgIpc) is 3.02. The number of quaternary nitrogens is 1. The number of allylic oxidation sites excluding steroid dienone is 4. The quantitative estimate of drug-likeness (QED) is 0.0215. The lowest BCUT2D eigenvalue weighted by molar-refractivity contribution is -0.870. The lowest BCUT2D eigenvalue weighted by Crippen LogP contribution is -2.37. The van der Waals surface area contributed by atoms with Gasteiger partial charge in [-0.1, -0.05) is 122 Å². The van der Waals surface area contributed by atoms with E-state index in [1.54, 1.807) is 0 Å². The second-order valence-electron chi connectivity index (χ2n) is 13.9. The zero-order valence-corrected chi connectivity index (χ0v) is 32.3. The van der Waals surface area contributed by atoms with Crippen molar-refractivity contribution in [3.63, 3.8) is 0 Å². The molecule has 282 valence electrons. The standard InChI is InChI=1S/C38H72NO8P/c1-6-8-10-12-14-15-16-17-18-19-20-21-22-23-25-26-28-30-37(40)44-34-36(35-46-48(42,43)45-33-32-39(3,4)5)47-38(41)31-29-27-24-13-11-9-7-2/h14-15,17-18,36H,6-13,16,19-35H2,1-5H3/b15-14+,18-17+/t36-/m0/s1. The van der Waals surface area contributed by atoms with Crippen LogP contribution in [0.5, 0.6) is 0 Å². The van der Waals surface area contributed by atoms with E-state index >= 15 is 0 Å². The fourth-order valence-electron chi connectivity index (χ4n) is 4.92. The van der Waals surface area contributed by atoms with Crippen LogP contribution in [0.4, 0.5) is 0 Å². The molecule has 0 bridgehead atoms. The molecule has 0 N–H and O–H groups in total. The third-order valence-corrected chi connectivity index (χ3v) is 8.94. The van der Waals surface area contributed by atoms with Gasteiger partial charge in [0, 0.05) is 12.8 Å². The molecule has 0 aromatic carbocycles. The van der Waals surface area contributed by atoms with E-state index in [1.165, 1.54) is 64.2 Å². The van der Waals surface area contributed by atoms with Gasteiger partial charge in [-0.15, -0.1) is 0 Å². The SMILES string of the molecule is CCCCC/C=C/C/C=C/CCCCCCCCCC(=O)OC[C@@H](COP(=O)([O-])OCC[N+](C)(C)C)OC(=O)CCCCCCCCC. The molecule has 0 heterocycles. The number of carbonyl (C=O) groups is 2. The summed E-state index contributed by atoms with van der Waals surface area (Å²) < 4.78 is 33.6. The Kier molecular flexibility index (Phi) is 30.5. The number of unbranched alkanes of at least 4 members (excludes halogenated alkanes) is 16. The van der Waals surface area contributed by atoms with Gasteiger partial charge in [0.15, 0.2) is 6.10 Å². The van der Waals surface area contributed by atoms with Crippen molar-refractivity contribution in [2.75, 3.05) is 47.5 Å². The predicted octanol–water partition coefficient (Wildman–Crippen LogP) is 9.38. The van der Waals surface area contributed by atoms with E-state index in [2.05, 4.69) is 38.2 Å². The number of phosphoric acid groups is 1. The molecule has 0 saturated carbocycles. The first-order chi connectivity index (χ1) is 23.0. The second-order valence-corrected chi connectivity index (χ2v) is 15.4. The summed E-state index contributed by atoms with van der Waals surface area (Å²) in [6, 6.07) is 0. The minimum Gasteiger partial charge on any atom is -0.756 e. The van der Waals surface area contributed by atoms with Gasteiger partial charge in [-0.25, -0.2) is 0 Å². The van der Waals surface area contributed by atoms with Gasteiger partial charge < -0.3 is 27.9 Å². The monoisotopic (exact) mass is 701 g/mol. The van der Waals surface area contributed by atoms with Crippen LogP contribution in [0.2, 0.25) is 0 Å². The maximum absolute atomic E-state index is 12.5. The molecular formula is C38H72NO8P. The minimum atomic E-state index is -4.61. The summed E-state index contributed by atoms with van der Waals surface area (Å²) in [7, 11) is 1.16. The van der Waals surface area contributed by atoms with Gasteiger partial charge in [-0.2, -0.15) is 0 Å². The zero-order valence-electron chi connectivity index (χ0n) is 31.4. The van der Waals surface area contributed by atoms with Gasteiger partial charge in [-0.05, 0) is 44.9 Å². The molecule has 0 aliphatic rings. The van der Waals surface area contributed by atoms with E-state index in [4.69, 9.17) is 18.5 Å². The number of nitrogens with zero attached hydrogens (tertiary/aromatic N) is 1. The van der Waals surface area contributed by atoms with Crippen LogP contribution in [0, 0.1) is 0 Å². The topological polar surface area (TPSA) is 111 Å². The number of rotatable bonds is 34. The van der Waals surface area contributed by atoms with Crippen molar-refractivity contribution in [3.8, 4) is 0 Å². The lowest BCUT2D eigenvalue weighted by atomic mass is 10.1. The van der Waals surface area contributed by atoms with Crippen LogP contribution in [-0.2, 0) is 32.7 Å². The fourth-order valence-corrected chi connectivity index (χ4v) is 5.65. The van der Waals surface area contributed by atoms with E-state index in [0.717, 1.165) is 57.8 Å². The Morgan fingerprint density at radius 3 is 1.69 bits per heavy atom. The zero-order chi connectivity index (χ0) is 35.8. The van der Waals surface area contributed by atoms with Crippen molar-refractivity contribution >= 4 is 19.8 Å². The van der Waals surface area contributed by atoms with E-state index in [0.29, 0.717) is 17.4 Å². The maximum atomic E-state index is 12.5. The minimum absolute atomic E-state index is 0.0311. The van der Waals surface area contributed by atoms with Crippen LogP contribution in [-0.4, -0.2) is 70.0 Å². The lowest BCUT2D eigenvalue weighted by Gasteiger charge is -2.28. The first kappa shape index (κ1) is 46.5. The Bertz CT molecular complexity index is 886. The van der Waals surface area contributed by atoms with E-state index in [1.807, 2.05) is 21.1 Å². The third-order valence-electron chi connectivity index (χ3n) is 7.97. The molecule has 2 atom stereocenters. The first-order valence-corrected chi connectivity index (χ1v) is 20.5. The molecule has 10 heteroatoms. The van der Waals surface area contributed by atoms with Crippen LogP contribution in [0.15, 0.2) is 24.3 Å². The van der Waals surface area contributed by atoms with Gasteiger partial charge in [-0.3, -0.25) is 14.2 Å². The predicted molar refractivity (Wildman–Crippen MR) is 194 cm³/mol. The summed E-state index contributed by atoms with van der Waals surface area (Å²) in [5.41, 5.74) is 0. The van der Waals surface area contributed by atoms with Crippen LogP contribution >= 0.6 is 7.82 Å². The Hall–Kier alpha value is -1.51. The molecular weight excluding hydrogens is 629 g/mol. The molecule has 0 saturated heterocycles. The van der Waals surface area contributed by atoms with E-state index in [9.17, 15) is 19.0 Å². The van der Waals surface area contributed by atoms with Crippen LogP contribution in [0.3, 0.4) is 0 Å². The number of phosphoric ester groups is 1. The van der Waals surface area contributed by atoms with Crippen LogP contribution in [0.1, 0.15) is 155 Å². The van der Waals surface area contributed by atoms with Crippen molar-refractivity contribution in [2.24, 2.45) is 0 Å². The third kappa shape index (κ3) is 34.4. The number of likely N-dealkylation sites (N-methyl/N-ethyl adjacent to an activating group) is 1. The average molecular weight is 702 g/mol. The largest absolute Gasteiger partial charge is 0.756 e. The van der Waals surface area contributed by atoms with Crippen LogP contribution in [0.25, 0.3) is 0 Å². The molecule has 0 aromatic rings. The fraction of sp³-hybridized carbons (Fsp3) is 0.842. The summed E-state index contributed by atoms with van der Waals surface area (Å²) in [6.45, 7) is 4.12. The van der Waals surface area contributed by atoms with Gasteiger partial charge in [0.05, 0.1) is 27.7 Å². The van der Waals surface area contributed by atoms with Crippen molar-refractivity contribution in [3.05, 3.63) is 24.3 Å². The van der Waals surface area contributed by atoms with Crippen molar-refractivity contribution in [2.45, 2.75) is 161 Å². The highest BCUT2D eigenvalue weighted by molar-refractivity contribution is 7.45. The molecule has 1 unspecified atom stereocenters. The smallest absolute Gasteiger partial charge is 0.306 e. The Balaban J connectivity index is 4.32. The highest BCUT2D eigenvalue weighted by Gasteiger charge is 2.21. The van der Waals surface area contributed by atoms with Crippen molar-refractivity contribution < 1.29 is 42.1 Å². The molecule has 0 aromatic heterocycles. The number of hydrogen-bond donors (Lipinski definition) is 0. The Labute approximate surface area is 294 Å². The van der Waals surface area contributed by atoms with E-state index < -0.39 is 32.5 Å². The molecule has 0 spiro atoms. The molecule has 0 aliphatic carbocycles. The Morgan fingerprint density at radius 2 is 1.12 bits per heavy atom. The normalized spacial score (nSPS) is 14.0. The Morgan fingerprint density at radius 1 is 0.646 bits per heavy atom. The van der Waals surface area contributed by atoms with Gasteiger partial charge >= 0.3 is 11.9 Å². The molecule has 0 aliphatic heterocycles. The van der Waals surface area contributed by atoms with E-state index in [-0.39, 0.29) is 26.1 Å². The first-order valence-electron chi connectivity index (χ1n) is 19.0. The van der Waals surface area contributed by atoms with Gasteiger partial charge in [0.25, 0.3) is 7.82 Å². The molecule has 0 radical (unpaired) electrons. The maximum Gasteiger partial charge on any atom is 0.306 e. The van der Waals surface area contributed by atoms with Crippen LogP contribution < -0.4 is 4.89 Å². The summed E-state index contributed by atoms with van der Waals surface area (Å²) >= 11 is 0. The second kappa shape index (κ2) is 31.5. The molecule has 0 fully saturated rings. The number of hydrogen-bond acceptors (Lipinski definition) is 8. The van der Waals surface area contributed by atoms with Crippen molar-refractivity contribution in [1.29, 1.82) is 0 Å². The number of esters is 2. The number of carbonyl (C=O) groups excluding carboxylic acids is 2. The molecule has 0 amide bonds. The highest BCUT2D eigenvalue weighted by Crippen LogP contribution is 2.38. The van der Waals surface area contributed by atoms with Gasteiger partial charge in [0.1, 0.15) is 19.8 Å². The molecule has 9 nitrogen and oxygen atoms in total. The molecule has 0 rings (SSSR count). The molecule has 48 heavy (non-hydrogen) atoms.